The Labute approximate surface area is 158 Å². The molecule has 0 radical (unpaired) electrons. The molecular weight excluding hydrogens is 342 g/mol. The van der Waals surface area contributed by atoms with Crippen LogP contribution in [-0.4, -0.2) is 47.4 Å². The lowest BCUT2D eigenvalue weighted by molar-refractivity contribution is -0.117. The predicted molar refractivity (Wildman–Crippen MR) is 109 cm³/mol. The number of thioether (sulfide) groups is 1. The van der Waals surface area contributed by atoms with Gasteiger partial charge in [-0.2, -0.15) is 4.99 Å². The van der Waals surface area contributed by atoms with E-state index in [2.05, 4.69) is 70.2 Å². The number of carbonyl (C=O) groups is 1. The zero-order valence-corrected chi connectivity index (χ0v) is 15.8. The molecule has 0 aliphatic carbocycles. The van der Waals surface area contributed by atoms with Crippen molar-refractivity contribution >= 4 is 28.5 Å². The Morgan fingerprint density at radius 2 is 1.62 bits per heavy atom. The number of amidine groups is 1. The minimum Gasteiger partial charge on any atom is -0.368 e. The third kappa shape index (κ3) is 3.78. The summed E-state index contributed by atoms with van der Waals surface area (Å²) >= 11 is 1.63. The zero-order chi connectivity index (χ0) is 17.9. The molecule has 1 atom stereocenters. The van der Waals surface area contributed by atoms with Crippen LogP contribution in [0.1, 0.15) is 11.1 Å². The molecule has 134 valence electrons. The fourth-order valence-corrected chi connectivity index (χ4v) is 4.54. The maximum absolute atomic E-state index is 12.3. The predicted octanol–water partition coefficient (Wildman–Crippen LogP) is 3.36. The van der Waals surface area contributed by atoms with Gasteiger partial charge < -0.3 is 9.80 Å². The highest BCUT2D eigenvalue weighted by molar-refractivity contribution is 8.15. The van der Waals surface area contributed by atoms with E-state index < -0.39 is 0 Å². The second-order valence-corrected chi connectivity index (χ2v) is 8.01. The summed E-state index contributed by atoms with van der Waals surface area (Å²) in [6, 6.07) is 18.9. The quantitative estimate of drug-likeness (QED) is 0.836. The van der Waals surface area contributed by atoms with Crippen LogP contribution in [-0.2, 0) is 11.2 Å². The number of hydrogen-bond donors (Lipinski definition) is 0. The lowest BCUT2D eigenvalue weighted by atomic mass is 10.1. The van der Waals surface area contributed by atoms with Crippen molar-refractivity contribution in [1.29, 1.82) is 0 Å². The molecule has 1 amide bonds. The number of carbonyl (C=O) groups excluding carboxylic acids is 1. The number of hydrogen-bond acceptors (Lipinski definition) is 4. The lowest BCUT2D eigenvalue weighted by Gasteiger charge is -2.36. The summed E-state index contributed by atoms with van der Waals surface area (Å²) in [5.41, 5.74) is 3.71. The van der Waals surface area contributed by atoms with Gasteiger partial charge in [-0.25, -0.2) is 0 Å². The molecule has 2 aromatic carbocycles. The van der Waals surface area contributed by atoms with Crippen LogP contribution >= 0.6 is 11.8 Å². The monoisotopic (exact) mass is 365 g/mol. The molecule has 0 spiro atoms. The average molecular weight is 366 g/mol. The topological polar surface area (TPSA) is 35.9 Å². The Morgan fingerprint density at radius 3 is 2.31 bits per heavy atom. The van der Waals surface area contributed by atoms with E-state index in [1.165, 1.54) is 16.8 Å². The van der Waals surface area contributed by atoms with Crippen molar-refractivity contribution in [2.24, 2.45) is 4.99 Å². The Hall–Kier alpha value is -2.27. The molecule has 0 N–H and O–H groups in total. The van der Waals surface area contributed by atoms with Gasteiger partial charge in [-0.3, -0.25) is 4.79 Å². The van der Waals surface area contributed by atoms with Crippen LogP contribution in [0.25, 0.3) is 0 Å². The van der Waals surface area contributed by atoms with Crippen LogP contribution in [0.4, 0.5) is 5.69 Å². The summed E-state index contributed by atoms with van der Waals surface area (Å²) in [6.45, 7) is 5.81. The molecule has 26 heavy (non-hydrogen) atoms. The molecule has 0 unspecified atom stereocenters. The number of nitrogens with zero attached hydrogens (tertiary/aromatic N) is 3. The van der Waals surface area contributed by atoms with Crippen molar-refractivity contribution < 1.29 is 4.79 Å². The molecule has 0 bridgehead atoms. The second kappa shape index (κ2) is 7.54. The van der Waals surface area contributed by atoms with Gasteiger partial charge in [0.2, 0.25) is 0 Å². The summed E-state index contributed by atoms with van der Waals surface area (Å²) in [5, 5.41) is 0.819. The summed E-state index contributed by atoms with van der Waals surface area (Å²) in [4.78, 5) is 21.3. The fourth-order valence-electron chi connectivity index (χ4n) is 3.38. The van der Waals surface area contributed by atoms with E-state index in [4.69, 9.17) is 0 Å². The first-order valence-corrected chi connectivity index (χ1v) is 9.97. The van der Waals surface area contributed by atoms with Crippen molar-refractivity contribution in [3.8, 4) is 0 Å². The lowest BCUT2D eigenvalue weighted by Crippen LogP contribution is -2.47. The average Bonchev–Trinajstić information content (AvgIpc) is 3.05. The van der Waals surface area contributed by atoms with Crippen molar-refractivity contribution in [2.45, 2.75) is 18.6 Å². The molecule has 4 rings (SSSR count). The van der Waals surface area contributed by atoms with Gasteiger partial charge >= 0.3 is 0 Å². The molecule has 5 heteroatoms. The fraction of sp³-hybridized carbons (Fsp3) is 0.333. The van der Waals surface area contributed by atoms with Gasteiger partial charge in [-0.15, -0.1) is 0 Å². The smallest absolute Gasteiger partial charge is 0.262 e. The Morgan fingerprint density at radius 1 is 0.962 bits per heavy atom. The number of rotatable bonds is 3. The maximum Gasteiger partial charge on any atom is 0.262 e. The summed E-state index contributed by atoms with van der Waals surface area (Å²) in [5.74, 6) is 0.0102. The summed E-state index contributed by atoms with van der Waals surface area (Å²) in [6.07, 6.45) is 0.751. The third-order valence-corrected chi connectivity index (χ3v) is 6.16. The summed E-state index contributed by atoms with van der Waals surface area (Å²) in [7, 11) is 0. The van der Waals surface area contributed by atoms with Crippen LogP contribution in [0.2, 0.25) is 0 Å². The molecular formula is C21H23N3OS. The zero-order valence-electron chi connectivity index (χ0n) is 15.0. The van der Waals surface area contributed by atoms with E-state index in [-0.39, 0.29) is 11.2 Å². The van der Waals surface area contributed by atoms with E-state index >= 15 is 0 Å². The number of aliphatic imine (C=N–C) groups is 1. The van der Waals surface area contributed by atoms with Gasteiger partial charge in [0.25, 0.3) is 5.91 Å². The molecule has 0 aromatic heterocycles. The number of para-hydroxylation sites is 1. The first-order chi connectivity index (χ1) is 12.7. The Kier molecular flexibility index (Phi) is 4.98. The normalized spacial score (nSPS) is 20.4. The molecule has 2 aliphatic heterocycles. The van der Waals surface area contributed by atoms with Gasteiger partial charge in [-0.1, -0.05) is 59.8 Å². The summed E-state index contributed by atoms with van der Waals surface area (Å²) < 4.78 is 0. The highest BCUT2D eigenvalue weighted by Crippen LogP contribution is 2.29. The molecule has 0 saturated carbocycles. The van der Waals surface area contributed by atoms with Crippen LogP contribution in [0.3, 0.4) is 0 Å². The van der Waals surface area contributed by atoms with Gasteiger partial charge in [-0.05, 0) is 31.0 Å². The standard InChI is InChI=1S/C21H23N3OS/c1-16-7-9-17(10-8-16)15-19-20(25)22-21(26-19)24-13-11-23(12-14-24)18-5-3-2-4-6-18/h2-10,19H,11-15H2,1H3/t19-/m0/s1. The molecule has 2 aliphatic rings. The van der Waals surface area contributed by atoms with Gasteiger partial charge in [0.05, 0.1) is 5.25 Å². The first kappa shape index (κ1) is 17.2. The van der Waals surface area contributed by atoms with Crippen molar-refractivity contribution in [1.82, 2.24) is 4.90 Å². The van der Waals surface area contributed by atoms with Crippen molar-refractivity contribution in [3.63, 3.8) is 0 Å². The Bertz CT molecular complexity index is 796. The van der Waals surface area contributed by atoms with Gasteiger partial charge in [0.1, 0.15) is 0 Å². The minimum atomic E-state index is -0.0835. The first-order valence-electron chi connectivity index (χ1n) is 9.09. The van der Waals surface area contributed by atoms with Gasteiger partial charge in [0, 0.05) is 31.9 Å². The Balaban J connectivity index is 1.34. The van der Waals surface area contributed by atoms with E-state index in [0.29, 0.717) is 0 Å². The number of benzene rings is 2. The van der Waals surface area contributed by atoms with Crippen LogP contribution in [0.15, 0.2) is 59.6 Å². The minimum absolute atomic E-state index is 0.0102. The van der Waals surface area contributed by atoms with E-state index in [0.717, 1.165) is 37.8 Å². The molecule has 1 fully saturated rings. The molecule has 4 nitrogen and oxygen atoms in total. The van der Waals surface area contributed by atoms with E-state index in [1.807, 2.05) is 6.07 Å². The molecule has 2 aromatic rings. The molecule has 1 saturated heterocycles. The number of anilines is 1. The molecule has 2 heterocycles. The third-order valence-electron chi connectivity index (χ3n) is 4.94. The number of aryl methyl sites for hydroxylation is 1. The highest BCUT2D eigenvalue weighted by Gasteiger charge is 2.32. The van der Waals surface area contributed by atoms with Gasteiger partial charge in [0.15, 0.2) is 5.17 Å². The maximum atomic E-state index is 12.3. The van der Waals surface area contributed by atoms with E-state index in [9.17, 15) is 4.79 Å². The van der Waals surface area contributed by atoms with Crippen molar-refractivity contribution in [3.05, 3.63) is 65.7 Å². The number of piperazine rings is 1. The SMILES string of the molecule is Cc1ccc(C[C@@H]2SC(N3CCN(c4ccccc4)CC3)=NC2=O)cc1. The number of amides is 1. The highest BCUT2D eigenvalue weighted by atomic mass is 32.2. The largest absolute Gasteiger partial charge is 0.368 e. The van der Waals surface area contributed by atoms with Crippen molar-refractivity contribution in [2.75, 3.05) is 31.1 Å². The van der Waals surface area contributed by atoms with Crippen LogP contribution in [0, 0.1) is 6.92 Å². The second-order valence-electron chi connectivity index (χ2n) is 6.84. The van der Waals surface area contributed by atoms with Crippen LogP contribution < -0.4 is 4.90 Å². The van der Waals surface area contributed by atoms with Crippen LogP contribution in [0.5, 0.6) is 0 Å². The van der Waals surface area contributed by atoms with E-state index in [1.54, 1.807) is 11.8 Å².